The monoisotopic (exact) mass is 177 g/mol. The van der Waals surface area contributed by atoms with Gasteiger partial charge in [-0.1, -0.05) is 0 Å². The average molecular weight is 177 g/mol. The molecule has 0 aromatic carbocycles. The molecule has 0 saturated carbocycles. The van der Waals surface area contributed by atoms with Crippen molar-refractivity contribution in [1.82, 2.24) is 0 Å². The summed E-state index contributed by atoms with van der Waals surface area (Å²) < 4.78 is 34.1. The number of hydrogen-bond acceptors (Lipinski definition) is 4. The Morgan fingerprint density at radius 2 is 1.12 bits per heavy atom. The zero-order valence-corrected chi connectivity index (χ0v) is 9.60. The molecule has 0 saturated heterocycles. The fourth-order valence-electron chi connectivity index (χ4n) is 0. The molecule has 0 aliphatic heterocycles. The third kappa shape index (κ3) is 86.4. The van der Waals surface area contributed by atoms with E-state index in [9.17, 15) is 0 Å². The molecule has 2 N–H and O–H groups in total. The predicted octanol–water partition coefficient (Wildman–Crippen LogP) is -5.54. The summed E-state index contributed by atoms with van der Waals surface area (Å²) in [5.41, 5.74) is 0. The van der Waals surface area contributed by atoms with Gasteiger partial charge in [0.05, 0.1) is 0 Å². The number of rotatable bonds is 0. The van der Waals surface area contributed by atoms with E-state index in [1.165, 1.54) is 0 Å². The van der Waals surface area contributed by atoms with Crippen LogP contribution in [0.4, 0.5) is 0 Å². The van der Waals surface area contributed by atoms with Crippen LogP contribution in [-0.2, 0) is 10.4 Å². The first-order valence-corrected chi connectivity index (χ1v) is 2.00. The average Bonchev–Trinajstić information content (AvgIpc) is 0.722. The van der Waals surface area contributed by atoms with Crippen molar-refractivity contribution in [2.24, 2.45) is 0 Å². The van der Waals surface area contributed by atoms with E-state index >= 15 is 0 Å². The molecule has 0 radical (unpaired) electrons. The van der Waals surface area contributed by atoms with Crippen molar-refractivity contribution in [2.75, 3.05) is 0 Å². The molecule has 0 spiro atoms. The first-order chi connectivity index (χ1) is 2.00. The van der Waals surface area contributed by atoms with Crippen molar-refractivity contribution in [3.63, 3.8) is 0 Å². The minimum absolute atomic E-state index is 0. The molecule has 8 heteroatoms. The van der Waals surface area contributed by atoms with Gasteiger partial charge >= 0.3 is 74.4 Å². The molecule has 0 aromatic rings. The van der Waals surface area contributed by atoms with Gasteiger partial charge in [0, 0.05) is 10.4 Å². The Hall–Kier alpha value is 2.23. The Morgan fingerprint density at radius 1 is 1.12 bits per heavy atom. The smallest absolute Gasteiger partial charge is 0.759 e. The van der Waals surface area contributed by atoms with Crippen molar-refractivity contribution in [2.45, 2.75) is 0 Å². The molecular weight excluding hydrogens is 175 g/mol. The Bertz CT molecular complexity index is 95.6. The molecule has 40 valence electrons. The number of hydrogen-bond donors (Lipinski definition) is 0. The fourth-order valence-corrected chi connectivity index (χ4v) is 0. The minimum atomic E-state index is -5.17. The maximum atomic E-state index is 8.52. The van der Waals surface area contributed by atoms with Crippen LogP contribution >= 0.6 is 0 Å². The normalized spacial score (nSPS) is 7.25. The van der Waals surface area contributed by atoms with Gasteiger partial charge in [0.1, 0.15) is 0 Å². The van der Waals surface area contributed by atoms with E-state index in [1.54, 1.807) is 0 Å². The van der Waals surface area contributed by atoms with Gasteiger partial charge in [-0.25, -0.2) is 0 Å². The zero-order valence-electron chi connectivity index (χ0n) is 4.25. The Balaban J connectivity index is -0.0000000267. The Labute approximate surface area is 106 Å². The fraction of sp³-hybridized carbons (Fsp3) is 0. The van der Waals surface area contributed by atoms with Gasteiger partial charge in [-0.05, 0) is 0 Å². The largest absolute Gasteiger partial charge is 2.00 e. The second-order valence-corrected chi connectivity index (χ2v) is 1.22. The summed E-state index contributed by atoms with van der Waals surface area (Å²) in [5, 5.41) is 0. The van der Waals surface area contributed by atoms with Gasteiger partial charge in [-0.15, -0.1) is 0 Å². The van der Waals surface area contributed by atoms with Crippen molar-refractivity contribution in [1.29, 1.82) is 0 Å². The summed E-state index contributed by atoms with van der Waals surface area (Å²) in [6.07, 6.45) is 0. The van der Waals surface area contributed by atoms with Crippen LogP contribution in [0.2, 0.25) is 0 Å². The quantitative estimate of drug-likeness (QED) is 0.209. The molecular formula is H2KMgO5S+. The molecule has 0 atom stereocenters. The van der Waals surface area contributed by atoms with Gasteiger partial charge in [-0.3, -0.25) is 8.42 Å². The Morgan fingerprint density at radius 3 is 1.12 bits per heavy atom. The van der Waals surface area contributed by atoms with Crippen molar-refractivity contribution in [3.05, 3.63) is 0 Å². The third-order valence-corrected chi connectivity index (χ3v) is 0. The second-order valence-electron chi connectivity index (χ2n) is 0.408. The molecule has 0 aromatic heterocycles. The van der Waals surface area contributed by atoms with E-state index in [4.69, 9.17) is 17.5 Å². The summed E-state index contributed by atoms with van der Waals surface area (Å²) in [6.45, 7) is 0. The summed E-state index contributed by atoms with van der Waals surface area (Å²) >= 11 is 0. The molecule has 0 bridgehead atoms. The van der Waals surface area contributed by atoms with E-state index in [-0.39, 0.29) is 79.9 Å². The van der Waals surface area contributed by atoms with Gasteiger partial charge in [0.25, 0.3) is 0 Å². The molecule has 0 aliphatic rings. The van der Waals surface area contributed by atoms with Gasteiger partial charge in [0.15, 0.2) is 0 Å². The van der Waals surface area contributed by atoms with Crippen LogP contribution in [0.25, 0.3) is 0 Å². The first kappa shape index (κ1) is 22.5. The van der Waals surface area contributed by atoms with Crippen LogP contribution in [0.1, 0.15) is 0 Å². The topological polar surface area (TPSA) is 112 Å². The van der Waals surface area contributed by atoms with Crippen molar-refractivity contribution in [3.8, 4) is 0 Å². The second kappa shape index (κ2) is 9.23. The van der Waals surface area contributed by atoms with Gasteiger partial charge in [-0.2, -0.15) is 0 Å². The SMILES string of the molecule is O.O=S(=O)([O-])[O-].[K+].[Mg+2]. The van der Waals surface area contributed by atoms with Gasteiger partial charge in [0.2, 0.25) is 0 Å². The molecule has 0 rings (SSSR count). The van der Waals surface area contributed by atoms with Crippen molar-refractivity contribution < 1.29 is 74.4 Å². The molecule has 5 nitrogen and oxygen atoms in total. The summed E-state index contributed by atoms with van der Waals surface area (Å²) in [5.74, 6) is 0. The van der Waals surface area contributed by atoms with E-state index < -0.39 is 10.4 Å². The van der Waals surface area contributed by atoms with E-state index in [2.05, 4.69) is 0 Å². The molecule has 8 heavy (non-hydrogen) atoms. The minimum Gasteiger partial charge on any atom is -0.759 e. The van der Waals surface area contributed by atoms with Crippen LogP contribution < -0.4 is 51.4 Å². The molecule has 0 heterocycles. The van der Waals surface area contributed by atoms with Crippen LogP contribution in [0.15, 0.2) is 0 Å². The maximum absolute atomic E-state index is 8.52. The van der Waals surface area contributed by atoms with Crippen LogP contribution in [0.5, 0.6) is 0 Å². The molecule has 0 unspecified atom stereocenters. The summed E-state index contributed by atoms with van der Waals surface area (Å²) in [4.78, 5) is 0. The molecule has 0 amide bonds. The predicted molar refractivity (Wildman–Crippen MR) is 19.8 cm³/mol. The summed E-state index contributed by atoms with van der Waals surface area (Å²) in [7, 11) is -5.17. The first-order valence-electron chi connectivity index (χ1n) is 0.667. The van der Waals surface area contributed by atoms with Crippen LogP contribution in [0, 0.1) is 0 Å². The third-order valence-electron chi connectivity index (χ3n) is 0. The standard InChI is InChI=1S/K.Mg.H2O4S.H2O/c;;1-5(2,3)4;/h;;(H2,1,2,3,4);1H2/q+1;+2;;/p-2. The van der Waals surface area contributed by atoms with Crippen molar-refractivity contribution >= 4 is 33.5 Å². The van der Waals surface area contributed by atoms with Crippen LogP contribution in [-0.4, -0.2) is 46.1 Å². The molecule has 0 aliphatic carbocycles. The van der Waals surface area contributed by atoms with E-state index in [1.807, 2.05) is 0 Å². The van der Waals surface area contributed by atoms with E-state index in [0.29, 0.717) is 0 Å². The van der Waals surface area contributed by atoms with Gasteiger partial charge < -0.3 is 14.6 Å². The zero-order chi connectivity index (χ0) is 4.50. The summed E-state index contributed by atoms with van der Waals surface area (Å²) in [6, 6.07) is 0. The Kier molecular flexibility index (Phi) is 25.9. The van der Waals surface area contributed by atoms with E-state index in [0.717, 1.165) is 0 Å². The maximum Gasteiger partial charge on any atom is 2.00 e. The molecule has 0 fully saturated rings. The van der Waals surface area contributed by atoms with Crippen LogP contribution in [0.3, 0.4) is 0 Å².